The van der Waals surface area contributed by atoms with Crippen LogP contribution in [-0.4, -0.2) is 46.6 Å². The molecule has 1 aliphatic heterocycles. The largest absolute Gasteiger partial charge is 0.495 e. The second-order valence-electron chi connectivity index (χ2n) is 5.30. The molecule has 1 atom stereocenters. The van der Waals surface area contributed by atoms with Crippen molar-refractivity contribution < 1.29 is 13.2 Å². The van der Waals surface area contributed by atoms with E-state index in [-0.39, 0.29) is 4.90 Å². The van der Waals surface area contributed by atoms with E-state index in [1.165, 1.54) is 19.2 Å². The van der Waals surface area contributed by atoms with Gasteiger partial charge in [-0.05, 0) is 43.6 Å². The summed E-state index contributed by atoms with van der Waals surface area (Å²) in [5, 5.41) is 0. The van der Waals surface area contributed by atoms with E-state index >= 15 is 0 Å². The van der Waals surface area contributed by atoms with E-state index in [4.69, 9.17) is 10.5 Å². The minimum Gasteiger partial charge on any atom is -0.495 e. The molecule has 0 bridgehead atoms. The normalized spacial score (nSPS) is 19.8. The SMILES string of the molecule is CCN1CCC(CNS(=O)(=O)c2ccc(OC)c(N)c2)C1. The highest BCUT2D eigenvalue weighted by Crippen LogP contribution is 2.24. The van der Waals surface area contributed by atoms with Gasteiger partial charge >= 0.3 is 0 Å². The molecule has 0 aliphatic carbocycles. The first-order valence-electron chi connectivity index (χ1n) is 7.11. The number of rotatable bonds is 6. The van der Waals surface area contributed by atoms with E-state index in [0.29, 0.717) is 23.9 Å². The van der Waals surface area contributed by atoms with Gasteiger partial charge in [0, 0.05) is 13.1 Å². The van der Waals surface area contributed by atoms with Crippen LogP contribution in [0.3, 0.4) is 0 Å². The number of hydrogen-bond donors (Lipinski definition) is 2. The molecule has 21 heavy (non-hydrogen) atoms. The van der Waals surface area contributed by atoms with Gasteiger partial charge in [0.2, 0.25) is 10.0 Å². The van der Waals surface area contributed by atoms with Gasteiger partial charge in [0.1, 0.15) is 5.75 Å². The molecule has 1 aliphatic rings. The Kier molecular flexibility index (Phi) is 5.08. The van der Waals surface area contributed by atoms with Crippen molar-refractivity contribution in [2.24, 2.45) is 5.92 Å². The number of nitrogens with zero attached hydrogens (tertiary/aromatic N) is 1. The van der Waals surface area contributed by atoms with Crippen LogP contribution in [-0.2, 0) is 10.0 Å². The summed E-state index contributed by atoms with van der Waals surface area (Å²) < 4.78 is 32.2. The number of sulfonamides is 1. The van der Waals surface area contributed by atoms with E-state index in [1.54, 1.807) is 6.07 Å². The van der Waals surface area contributed by atoms with Crippen molar-refractivity contribution in [1.82, 2.24) is 9.62 Å². The summed E-state index contributed by atoms with van der Waals surface area (Å²) in [5.74, 6) is 0.846. The second-order valence-corrected chi connectivity index (χ2v) is 7.07. The Morgan fingerprint density at radius 2 is 2.24 bits per heavy atom. The van der Waals surface area contributed by atoms with Gasteiger partial charge in [0.05, 0.1) is 17.7 Å². The topological polar surface area (TPSA) is 84.7 Å². The smallest absolute Gasteiger partial charge is 0.240 e. The van der Waals surface area contributed by atoms with Crippen LogP contribution >= 0.6 is 0 Å². The Hall–Kier alpha value is -1.31. The lowest BCUT2D eigenvalue weighted by Crippen LogP contribution is -2.31. The van der Waals surface area contributed by atoms with E-state index < -0.39 is 10.0 Å². The summed E-state index contributed by atoms with van der Waals surface area (Å²) in [4.78, 5) is 2.50. The minimum absolute atomic E-state index is 0.172. The van der Waals surface area contributed by atoms with Gasteiger partial charge in [-0.2, -0.15) is 0 Å². The van der Waals surface area contributed by atoms with E-state index in [9.17, 15) is 8.42 Å². The Balaban J connectivity index is 2.00. The van der Waals surface area contributed by atoms with Crippen LogP contribution in [0.1, 0.15) is 13.3 Å². The zero-order valence-corrected chi connectivity index (χ0v) is 13.3. The molecule has 118 valence electrons. The monoisotopic (exact) mass is 313 g/mol. The maximum Gasteiger partial charge on any atom is 0.240 e. The van der Waals surface area contributed by atoms with E-state index in [1.807, 2.05) is 0 Å². The summed E-state index contributed by atoms with van der Waals surface area (Å²) in [5.41, 5.74) is 6.08. The van der Waals surface area contributed by atoms with Gasteiger partial charge in [0.25, 0.3) is 0 Å². The molecule has 0 radical (unpaired) electrons. The van der Waals surface area contributed by atoms with Crippen LogP contribution < -0.4 is 15.2 Å². The molecule has 7 heteroatoms. The van der Waals surface area contributed by atoms with Gasteiger partial charge in [-0.25, -0.2) is 13.1 Å². The lowest BCUT2D eigenvalue weighted by atomic mass is 10.1. The van der Waals surface area contributed by atoms with Crippen LogP contribution in [0.5, 0.6) is 5.75 Å². The maximum atomic E-state index is 12.3. The third kappa shape index (κ3) is 3.87. The molecule has 6 nitrogen and oxygen atoms in total. The van der Waals surface area contributed by atoms with Gasteiger partial charge in [0.15, 0.2) is 0 Å². The molecule has 0 aromatic heterocycles. The van der Waals surface area contributed by atoms with Crippen LogP contribution in [0, 0.1) is 5.92 Å². The fourth-order valence-corrected chi connectivity index (χ4v) is 3.71. The molecule has 3 N–H and O–H groups in total. The molecular formula is C14H23N3O3S. The molecule has 2 rings (SSSR count). The molecule has 0 saturated carbocycles. The van der Waals surface area contributed by atoms with Crippen molar-refractivity contribution >= 4 is 15.7 Å². The number of ether oxygens (including phenoxy) is 1. The molecule has 1 unspecified atom stereocenters. The van der Waals surface area contributed by atoms with Gasteiger partial charge < -0.3 is 15.4 Å². The zero-order valence-electron chi connectivity index (χ0n) is 12.5. The Labute approximate surface area is 126 Å². The van der Waals surface area contributed by atoms with Gasteiger partial charge in [-0.15, -0.1) is 0 Å². The number of likely N-dealkylation sites (tertiary alicyclic amines) is 1. The number of nitrogen functional groups attached to an aromatic ring is 1. The highest BCUT2D eigenvalue weighted by molar-refractivity contribution is 7.89. The van der Waals surface area contributed by atoms with E-state index in [0.717, 1.165) is 26.1 Å². The molecule has 1 saturated heterocycles. The predicted octanol–water partition coefficient (Wildman–Crippen LogP) is 0.898. The Bertz CT molecular complexity index is 589. The Morgan fingerprint density at radius 3 is 2.81 bits per heavy atom. The van der Waals surface area contributed by atoms with E-state index in [2.05, 4.69) is 16.5 Å². The summed E-state index contributed by atoms with van der Waals surface area (Å²) >= 11 is 0. The fraction of sp³-hybridized carbons (Fsp3) is 0.571. The number of nitrogens with two attached hydrogens (primary N) is 1. The van der Waals surface area contributed by atoms with Gasteiger partial charge in [-0.1, -0.05) is 6.92 Å². The molecule has 0 amide bonds. The number of methoxy groups -OCH3 is 1. The maximum absolute atomic E-state index is 12.3. The van der Waals surface area contributed by atoms with Crippen molar-refractivity contribution in [3.05, 3.63) is 18.2 Å². The lowest BCUT2D eigenvalue weighted by molar-refractivity contribution is 0.342. The van der Waals surface area contributed by atoms with Crippen molar-refractivity contribution in [3.63, 3.8) is 0 Å². The van der Waals surface area contributed by atoms with Crippen LogP contribution in [0.25, 0.3) is 0 Å². The average Bonchev–Trinajstić information content (AvgIpc) is 2.93. The zero-order chi connectivity index (χ0) is 15.5. The number of benzene rings is 1. The number of hydrogen-bond acceptors (Lipinski definition) is 5. The number of nitrogens with one attached hydrogen (secondary N) is 1. The molecule has 1 aromatic rings. The molecule has 0 spiro atoms. The van der Waals surface area contributed by atoms with Crippen LogP contribution in [0.15, 0.2) is 23.1 Å². The summed E-state index contributed by atoms with van der Waals surface area (Å²) in [6.07, 6.45) is 1.03. The summed E-state index contributed by atoms with van der Waals surface area (Å²) in [6.45, 7) is 5.58. The Morgan fingerprint density at radius 1 is 1.48 bits per heavy atom. The average molecular weight is 313 g/mol. The standard InChI is InChI=1S/C14H23N3O3S/c1-3-17-7-6-11(10-17)9-16-21(18,19)12-4-5-14(20-2)13(15)8-12/h4-5,8,11,16H,3,6-7,9-10,15H2,1-2H3. The predicted molar refractivity (Wildman–Crippen MR) is 82.8 cm³/mol. The first-order chi connectivity index (χ1) is 9.96. The molecule has 1 fully saturated rings. The van der Waals surface area contributed by atoms with Crippen LogP contribution in [0.2, 0.25) is 0 Å². The fourth-order valence-electron chi connectivity index (χ4n) is 2.56. The first kappa shape index (κ1) is 16.1. The van der Waals surface area contributed by atoms with Crippen LogP contribution in [0.4, 0.5) is 5.69 Å². The van der Waals surface area contributed by atoms with Crippen molar-refractivity contribution in [1.29, 1.82) is 0 Å². The van der Waals surface area contributed by atoms with Crippen molar-refractivity contribution in [2.75, 3.05) is 39.0 Å². The van der Waals surface area contributed by atoms with Crippen molar-refractivity contribution in [3.8, 4) is 5.75 Å². The van der Waals surface area contributed by atoms with Crippen molar-refractivity contribution in [2.45, 2.75) is 18.2 Å². The second kappa shape index (κ2) is 6.64. The third-order valence-electron chi connectivity index (χ3n) is 3.89. The summed E-state index contributed by atoms with van der Waals surface area (Å²) in [6, 6.07) is 4.50. The first-order valence-corrected chi connectivity index (χ1v) is 8.60. The quantitative estimate of drug-likeness (QED) is 0.762. The number of anilines is 1. The lowest BCUT2D eigenvalue weighted by Gasteiger charge is -2.14. The molecular weight excluding hydrogens is 290 g/mol. The third-order valence-corrected chi connectivity index (χ3v) is 5.31. The molecule has 1 aromatic carbocycles. The highest BCUT2D eigenvalue weighted by atomic mass is 32.2. The molecule has 1 heterocycles. The van der Waals surface area contributed by atoms with Gasteiger partial charge in [-0.3, -0.25) is 0 Å². The minimum atomic E-state index is -3.52. The highest BCUT2D eigenvalue weighted by Gasteiger charge is 2.23. The summed E-state index contributed by atoms with van der Waals surface area (Å²) in [7, 11) is -2.03.